The molecule has 102 valence electrons. The molecule has 0 atom stereocenters. The van der Waals surface area contributed by atoms with E-state index in [0.717, 1.165) is 17.7 Å². The molecule has 0 amide bonds. The molecule has 0 radical (unpaired) electrons. The van der Waals surface area contributed by atoms with Crippen LogP contribution in [0.5, 0.6) is 11.5 Å². The van der Waals surface area contributed by atoms with Gasteiger partial charge in [-0.2, -0.15) is 0 Å². The number of rotatable bonds is 3. The highest BCUT2D eigenvalue weighted by Gasteiger charge is 2.07. The molecule has 4 heteroatoms. The van der Waals surface area contributed by atoms with Crippen molar-refractivity contribution in [2.75, 3.05) is 0 Å². The minimum atomic E-state index is 0. The van der Waals surface area contributed by atoms with Crippen LogP contribution in [0.25, 0.3) is 0 Å². The van der Waals surface area contributed by atoms with Gasteiger partial charge in [0.15, 0.2) is 0 Å². The van der Waals surface area contributed by atoms with Crippen LogP contribution in [0.1, 0.15) is 19.9 Å². The summed E-state index contributed by atoms with van der Waals surface area (Å²) in [4.78, 5) is 0. The van der Waals surface area contributed by atoms with Crippen LogP contribution in [0, 0.1) is 0 Å². The van der Waals surface area contributed by atoms with Gasteiger partial charge in [0.1, 0.15) is 11.5 Å². The minimum Gasteiger partial charge on any atom is -0.456 e. The Balaban J connectivity index is 0.00000180. The molecule has 0 fully saturated rings. The van der Waals surface area contributed by atoms with E-state index >= 15 is 0 Å². The highest BCUT2D eigenvalue weighted by Crippen LogP contribution is 2.34. The Bertz CT molecular complexity index is 567. The van der Waals surface area contributed by atoms with Gasteiger partial charge >= 0.3 is 0 Å². The van der Waals surface area contributed by atoms with E-state index < -0.39 is 0 Å². The Morgan fingerprint density at radius 1 is 0.895 bits per heavy atom. The van der Waals surface area contributed by atoms with Gasteiger partial charge < -0.3 is 4.74 Å². The molecule has 0 bridgehead atoms. The van der Waals surface area contributed by atoms with Gasteiger partial charge in [0.25, 0.3) is 0 Å². The van der Waals surface area contributed by atoms with Gasteiger partial charge in [-0.3, -0.25) is 0 Å². The van der Waals surface area contributed by atoms with Crippen molar-refractivity contribution in [3.63, 3.8) is 0 Å². The van der Waals surface area contributed by atoms with E-state index in [1.54, 1.807) is 24.3 Å². The van der Waals surface area contributed by atoms with E-state index in [4.69, 9.17) is 39.5 Å². The van der Waals surface area contributed by atoms with Gasteiger partial charge in [-0.05, 0) is 48.4 Å². The zero-order valence-electron chi connectivity index (χ0n) is 9.71. The molecule has 2 aromatic rings. The summed E-state index contributed by atoms with van der Waals surface area (Å²) in [6.45, 7) is 2.04. The monoisotopic (exact) mass is 316 g/mol. The highest BCUT2D eigenvalue weighted by atomic mass is 35.5. The van der Waals surface area contributed by atoms with Crippen molar-refractivity contribution in [3.8, 4) is 11.5 Å². The van der Waals surface area contributed by atoms with Crippen LogP contribution in [0.3, 0.4) is 0 Å². The van der Waals surface area contributed by atoms with Gasteiger partial charge in [-0.25, -0.2) is 0 Å². The Morgan fingerprint density at radius 2 is 1.47 bits per heavy atom. The summed E-state index contributed by atoms with van der Waals surface area (Å²) in [6, 6.07) is 10.7. The van der Waals surface area contributed by atoms with Crippen LogP contribution in [0.2, 0.25) is 15.1 Å². The smallest absolute Gasteiger partial charge is 0.146 e. The topological polar surface area (TPSA) is 9.23 Å². The molecule has 1 nitrogen and oxygen atoms in total. The van der Waals surface area contributed by atoms with Crippen LogP contribution in [0.15, 0.2) is 36.4 Å². The Kier molecular flexibility index (Phi) is 5.99. The van der Waals surface area contributed by atoms with E-state index in [2.05, 4.69) is 0 Å². The van der Waals surface area contributed by atoms with Crippen LogP contribution in [-0.2, 0) is 6.42 Å². The molecule has 0 saturated heterocycles. The second-order valence-electron chi connectivity index (χ2n) is 3.78. The highest BCUT2D eigenvalue weighted by molar-refractivity contribution is 6.35. The molecule has 0 aromatic heterocycles. The first-order valence-corrected chi connectivity index (χ1v) is 6.65. The fourth-order valence-corrected chi connectivity index (χ4v) is 2.24. The second-order valence-corrected chi connectivity index (χ2v) is 5.06. The summed E-state index contributed by atoms with van der Waals surface area (Å²) >= 11 is 17.9. The average Bonchev–Trinajstić information content (AvgIpc) is 2.34. The third kappa shape index (κ3) is 4.04. The fraction of sp³-hybridized carbons (Fsp3) is 0.200. The number of hydrogen-bond acceptors (Lipinski definition) is 1. The Hall–Kier alpha value is -0.890. The fourth-order valence-electron chi connectivity index (χ4n) is 1.60. The SMILES string of the molecule is C.CCc1cc(Cl)ccc1Oc1ccc(Cl)cc1Cl. The van der Waals surface area contributed by atoms with E-state index in [0.29, 0.717) is 20.8 Å². The number of halogens is 3. The number of hydrogen-bond donors (Lipinski definition) is 0. The summed E-state index contributed by atoms with van der Waals surface area (Å²) < 4.78 is 5.79. The van der Waals surface area contributed by atoms with E-state index in [1.165, 1.54) is 0 Å². The predicted molar refractivity (Wildman–Crippen MR) is 84.1 cm³/mol. The van der Waals surface area contributed by atoms with Crippen LogP contribution in [-0.4, -0.2) is 0 Å². The van der Waals surface area contributed by atoms with Gasteiger partial charge in [-0.1, -0.05) is 49.2 Å². The van der Waals surface area contributed by atoms with Crippen LogP contribution >= 0.6 is 34.8 Å². The molecular formula is C15H15Cl3O. The van der Waals surface area contributed by atoms with Crippen LogP contribution < -0.4 is 4.74 Å². The van der Waals surface area contributed by atoms with Crippen molar-refractivity contribution >= 4 is 34.8 Å². The second kappa shape index (κ2) is 7.04. The van der Waals surface area contributed by atoms with Gasteiger partial charge in [0.05, 0.1) is 5.02 Å². The van der Waals surface area contributed by atoms with Crippen molar-refractivity contribution in [1.29, 1.82) is 0 Å². The molecule has 0 aliphatic rings. The van der Waals surface area contributed by atoms with Crippen LogP contribution in [0.4, 0.5) is 0 Å². The molecule has 0 saturated carbocycles. The number of aryl methyl sites for hydroxylation is 1. The molecular weight excluding hydrogens is 303 g/mol. The molecule has 0 aliphatic heterocycles. The molecule has 0 unspecified atom stereocenters. The van der Waals surface area contributed by atoms with Crippen molar-refractivity contribution in [1.82, 2.24) is 0 Å². The summed E-state index contributed by atoms with van der Waals surface area (Å²) in [5.74, 6) is 1.34. The van der Waals surface area contributed by atoms with E-state index in [1.807, 2.05) is 19.1 Å². The number of benzene rings is 2. The van der Waals surface area contributed by atoms with Crippen molar-refractivity contribution < 1.29 is 4.74 Å². The zero-order chi connectivity index (χ0) is 13.1. The molecule has 0 heterocycles. The Labute approximate surface area is 129 Å². The predicted octanol–water partition coefficient (Wildman–Crippen LogP) is 6.64. The summed E-state index contributed by atoms with van der Waals surface area (Å²) in [7, 11) is 0. The number of ether oxygens (including phenoxy) is 1. The molecule has 0 N–H and O–H groups in total. The third-order valence-corrected chi connectivity index (χ3v) is 3.28. The molecule has 2 aromatic carbocycles. The van der Waals surface area contributed by atoms with Gasteiger partial charge in [0, 0.05) is 10.0 Å². The first-order valence-electron chi connectivity index (χ1n) is 5.51. The molecule has 0 spiro atoms. The molecule has 0 aliphatic carbocycles. The van der Waals surface area contributed by atoms with Crippen molar-refractivity contribution in [2.24, 2.45) is 0 Å². The minimum absolute atomic E-state index is 0. The third-order valence-electron chi connectivity index (χ3n) is 2.52. The lowest BCUT2D eigenvalue weighted by Crippen LogP contribution is -1.91. The first-order chi connectivity index (χ1) is 8.60. The first kappa shape index (κ1) is 16.2. The maximum atomic E-state index is 6.07. The summed E-state index contributed by atoms with van der Waals surface area (Å²) in [6.07, 6.45) is 0.834. The van der Waals surface area contributed by atoms with Crippen molar-refractivity contribution in [3.05, 3.63) is 57.0 Å². The lowest BCUT2D eigenvalue weighted by atomic mass is 10.1. The maximum absolute atomic E-state index is 6.07. The molecule has 19 heavy (non-hydrogen) atoms. The van der Waals surface area contributed by atoms with E-state index in [9.17, 15) is 0 Å². The largest absolute Gasteiger partial charge is 0.456 e. The lowest BCUT2D eigenvalue weighted by Gasteiger charge is -2.11. The van der Waals surface area contributed by atoms with E-state index in [-0.39, 0.29) is 7.43 Å². The van der Waals surface area contributed by atoms with Gasteiger partial charge in [0.2, 0.25) is 0 Å². The molecule has 2 rings (SSSR count). The van der Waals surface area contributed by atoms with Gasteiger partial charge in [-0.15, -0.1) is 0 Å². The summed E-state index contributed by atoms with van der Waals surface area (Å²) in [5.41, 5.74) is 1.04. The maximum Gasteiger partial charge on any atom is 0.146 e. The lowest BCUT2D eigenvalue weighted by molar-refractivity contribution is 0.477. The quantitative estimate of drug-likeness (QED) is 0.616. The zero-order valence-corrected chi connectivity index (χ0v) is 12.0. The van der Waals surface area contributed by atoms with Crippen molar-refractivity contribution in [2.45, 2.75) is 20.8 Å². The average molecular weight is 318 g/mol. The summed E-state index contributed by atoms with van der Waals surface area (Å²) in [5, 5.41) is 1.76. The Morgan fingerprint density at radius 3 is 2.05 bits per heavy atom. The standard InChI is InChI=1S/C14H11Cl3O.CH4/c1-2-9-7-10(15)3-5-13(9)18-14-6-4-11(16)8-12(14)17;/h3-8H,2H2,1H3;1H4. The normalized spacial score (nSPS) is 9.89.